The van der Waals surface area contributed by atoms with E-state index in [0.717, 1.165) is 5.56 Å². The van der Waals surface area contributed by atoms with E-state index in [2.05, 4.69) is 5.32 Å². The molecule has 0 heterocycles. The van der Waals surface area contributed by atoms with Crippen molar-refractivity contribution in [3.05, 3.63) is 64.9 Å². The molecule has 2 rings (SSSR count). The number of ether oxygens (including phenoxy) is 2. The van der Waals surface area contributed by atoms with Gasteiger partial charge in [0.15, 0.2) is 12.7 Å². The van der Waals surface area contributed by atoms with Crippen molar-refractivity contribution in [3.63, 3.8) is 0 Å². The predicted octanol–water partition coefficient (Wildman–Crippen LogP) is 3.15. The van der Waals surface area contributed by atoms with Crippen molar-refractivity contribution in [1.82, 2.24) is 5.32 Å². The van der Waals surface area contributed by atoms with Crippen LogP contribution in [0.3, 0.4) is 0 Å². The second-order valence-electron chi connectivity index (χ2n) is 5.52. The summed E-state index contributed by atoms with van der Waals surface area (Å²) in [5, 5.41) is 3.04. The summed E-state index contributed by atoms with van der Waals surface area (Å²) in [6.07, 6.45) is -0.409. The first-order valence-electron chi connectivity index (χ1n) is 8.04. The molecular weight excluding hydrogens is 361 g/mol. The highest BCUT2D eigenvalue weighted by molar-refractivity contribution is 6.32. The Hall–Kier alpha value is -2.60. The summed E-state index contributed by atoms with van der Waals surface area (Å²) in [6, 6.07) is 12.8. The van der Waals surface area contributed by atoms with Gasteiger partial charge < -0.3 is 14.8 Å². The van der Waals surface area contributed by atoms with Crippen LogP contribution in [0.2, 0.25) is 5.02 Å². The number of nitrogens with one attached hydrogen (secondary N) is 1. The number of hydrogen-bond acceptors (Lipinski definition) is 4. The summed E-state index contributed by atoms with van der Waals surface area (Å²) < 4.78 is 23.1. The molecule has 1 atom stereocenters. The van der Waals surface area contributed by atoms with Gasteiger partial charge in [-0.15, -0.1) is 0 Å². The molecule has 0 bridgehead atoms. The van der Waals surface area contributed by atoms with E-state index in [1.807, 2.05) is 0 Å². The van der Waals surface area contributed by atoms with Crippen LogP contribution in [0, 0.1) is 5.82 Å². The zero-order valence-electron chi connectivity index (χ0n) is 14.2. The third-order valence-electron chi connectivity index (χ3n) is 3.49. The molecule has 0 unspecified atom stereocenters. The van der Waals surface area contributed by atoms with Gasteiger partial charge in [-0.25, -0.2) is 9.18 Å². The Labute approximate surface area is 156 Å². The summed E-state index contributed by atoms with van der Waals surface area (Å²) in [6.45, 7) is 1.47. The minimum atomic E-state index is -0.953. The van der Waals surface area contributed by atoms with Crippen molar-refractivity contribution in [2.75, 3.05) is 13.2 Å². The van der Waals surface area contributed by atoms with Gasteiger partial charge in [0, 0.05) is 6.54 Å². The SMILES string of the molecule is C[C@@H](OC(=O)COc1ccccc1Cl)C(=O)NCCc1ccc(F)cc1. The van der Waals surface area contributed by atoms with Crippen molar-refractivity contribution in [1.29, 1.82) is 0 Å². The third-order valence-corrected chi connectivity index (χ3v) is 3.80. The number of para-hydroxylation sites is 1. The molecule has 138 valence electrons. The van der Waals surface area contributed by atoms with Gasteiger partial charge in [0.05, 0.1) is 5.02 Å². The summed E-state index contributed by atoms with van der Waals surface area (Å²) in [5.41, 5.74) is 0.893. The second-order valence-corrected chi connectivity index (χ2v) is 5.93. The van der Waals surface area contributed by atoms with Gasteiger partial charge in [-0.2, -0.15) is 0 Å². The molecule has 0 saturated heterocycles. The van der Waals surface area contributed by atoms with E-state index in [1.54, 1.807) is 36.4 Å². The molecule has 0 aliphatic heterocycles. The van der Waals surface area contributed by atoms with Crippen molar-refractivity contribution in [3.8, 4) is 5.75 Å². The molecule has 2 aromatic rings. The van der Waals surface area contributed by atoms with Crippen LogP contribution >= 0.6 is 11.6 Å². The Kier molecular flexibility index (Phi) is 7.41. The molecule has 0 aliphatic rings. The number of hydrogen-bond donors (Lipinski definition) is 1. The Morgan fingerprint density at radius 2 is 1.85 bits per heavy atom. The number of carbonyl (C=O) groups excluding carboxylic acids is 2. The number of rotatable bonds is 8. The van der Waals surface area contributed by atoms with E-state index in [1.165, 1.54) is 19.1 Å². The maximum Gasteiger partial charge on any atom is 0.344 e. The predicted molar refractivity (Wildman–Crippen MR) is 95.6 cm³/mol. The fourth-order valence-corrected chi connectivity index (χ4v) is 2.30. The van der Waals surface area contributed by atoms with E-state index >= 15 is 0 Å². The van der Waals surface area contributed by atoms with Crippen molar-refractivity contribution >= 4 is 23.5 Å². The Bertz CT molecular complexity index is 751. The van der Waals surface area contributed by atoms with Crippen LogP contribution in [-0.2, 0) is 20.7 Å². The zero-order valence-corrected chi connectivity index (χ0v) is 15.0. The van der Waals surface area contributed by atoms with E-state index in [4.69, 9.17) is 21.1 Å². The quantitative estimate of drug-likeness (QED) is 0.716. The second kappa shape index (κ2) is 9.77. The lowest BCUT2D eigenvalue weighted by atomic mass is 10.1. The van der Waals surface area contributed by atoms with Gasteiger partial charge in [0.2, 0.25) is 0 Å². The smallest absolute Gasteiger partial charge is 0.344 e. The normalized spacial score (nSPS) is 11.5. The lowest BCUT2D eigenvalue weighted by molar-refractivity contribution is -0.156. The van der Waals surface area contributed by atoms with Crippen molar-refractivity contribution in [2.45, 2.75) is 19.4 Å². The maximum atomic E-state index is 12.8. The van der Waals surface area contributed by atoms with E-state index in [9.17, 15) is 14.0 Å². The highest BCUT2D eigenvalue weighted by atomic mass is 35.5. The molecule has 7 heteroatoms. The van der Waals surface area contributed by atoms with Crippen LogP contribution in [0.15, 0.2) is 48.5 Å². The van der Waals surface area contributed by atoms with Crippen LogP contribution in [-0.4, -0.2) is 31.1 Å². The molecule has 0 aromatic heterocycles. The summed E-state index contributed by atoms with van der Waals surface area (Å²) in [5.74, 6) is -1.04. The highest BCUT2D eigenvalue weighted by Gasteiger charge is 2.18. The Morgan fingerprint density at radius 3 is 2.54 bits per heavy atom. The largest absolute Gasteiger partial charge is 0.480 e. The summed E-state index contributed by atoms with van der Waals surface area (Å²) >= 11 is 5.92. The van der Waals surface area contributed by atoms with Gasteiger partial charge >= 0.3 is 5.97 Å². The average Bonchev–Trinajstić information content (AvgIpc) is 2.62. The fourth-order valence-electron chi connectivity index (χ4n) is 2.11. The monoisotopic (exact) mass is 379 g/mol. The van der Waals surface area contributed by atoms with Crippen molar-refractivity contribution in [2.24, 2.45) is 0 Å². The lowest BCUT2D eigenvalue weighted by Gasteiger charge is -2.14. The van der Waals surface area contributed by atoms with E-state index in [-0.39, 0.29) is 12.4 Å². The van der Waals surface area contributed by atoms with Crippen molar-refractivity contribution < 1.29 is 23.5 Å². The van der Waals surface area contributed by atoms with Gasteiger partial charge in [-0.3, -0.25) is 4.79 Å². The van der Waals surface area contributed by atoms with Crippen LogP contribution < -0.4 is 10.1 Å². The first kappa shape index (κ1) is 19.7. The lowest BCUT2D eigenvalue weighted by Crippen LogP contribution is -2.37. The Balaban J connectivity index is 1.69. The molecule has 1 N–H and O–H groups in total. The number of esters is 1. The highest BCUT2D eigenvalue weighted by Crippen LogP contribution is 2.22. The van der Waals surface area contributed by atoms with Gasteiger partial charge in [-0.05, 0) is 43.2 Å². The van der Waals surface area contributed by atoms with Gasteiger partial charge in [0.1, 0.15) is 11.6 Å². The van der Waals surface area contributed by atoms with Crippen LogP contribution in [0.1, 0.15) is 12.5 Å². The number of carbonyl (C=O) groups is 2. The minimum Gasteiger partial charge on any atom is -0.480 e. The Morgan fingerprint density at radius 1 is 1.15 bits per heavy atom. The standard InChI is InChI=1S/C19H19ClFNO4/c1-13(19(24)22-11-10-14-6-8-15(21)9-7-14)26-18(23)12-25-17-5-3-2-4-16(17)20/h2-9,13H,10-12H2,1H3,(H,22,24)/t13-/m1/s1. The van der Waals surface area contributed by atoms with Gasteiger partial charge in [0.25, 0.3) is 5.91 Å². The first-order chi connectivity index (χ1) is 12.5. The average molecular weight is 380 g/mol. The van der Waals surface area contributed by atoms with E-state index < -0.39 is 18.0 Å². The summed E-state index contributed by atoms with van der Waals surface area (Å²) in [7, 11) is 0. The third kappa shape index (κ3) is 6.37. The molecule has 26 heavy (non-hydrogen) atoms. The molecule has 2 aromatic carbocycles. The van der Waals surface area contributed by atoms with E-state index in [0.29, 0.717) is 23.7 Å². The first-order valence-corrected chi connectivity index (χ1v) is 8.42. The fraction of sp³-hybridized carbons (Fsp3) is 0.263. The maximum absolute atomic E-state index is 12.8. The minimum absolute atomic E-state index is 0.308. The molecule has 0 aliphatic carbocycles. The molecule has 0 fully saturated rings. The molecule has 5 nitrogen and oxygen atoms in total. The molecular formula is C19H19ClFNO4. The van der Waals surface area contributed by atoms with Crippen LogP contribution in [0.25, 0.3) is 0 Å². The van der Waals surface area contributed by atoms with Gasteiger partial charge in [-0.1, -0.05) is 35.9 Å². The number of amides is 1. The summed E-state index contributed by atoms with van der Waals surface area (Å²) in [4.78, 5) is 23.7. The van der Waals surface area contributed by atoms with Crippen LogP contribution in [0.5, 0.6) is 5.75 Å². The number of halogens is 2. The molecule has 1 amide bonds. The molecule has 0 spiro atoms. The topological polar surface area (TPSA) is 64.6 Å². The zero-order chi connectivity index (χ0) is 18.9. The molecule has 0 saturated carbocycles. The number of benzene rings is 2. The van der Waals surface area contributed by atoms with Crippen LogP contribution in [0.4, 0.5) is 4.39 Å². The molecule has 0 radical (unpaired) electrons.